The van der Waals surface area contributed by atoms with Crippen molar-refractivity contribution in [1.82, 2.24) is 19.0 Å². The molecule has 0 N–H and O–H groups in total. The van der Waals surface area contributed by atoms with Crippen molar-refractivity contribution in [2.24, 2.45) is 11.8 Å². The molecule has 3 rings (SSSR count). The van der Waals surface area contributed by atoms with Gasteiger partial charge in [0.25, 0.3) is 0 Å². The second kappa shape index (κ2) is 9.14. The summed E-state index contributed by atoms with van der Waals surface area (Å²) in [6.45, 7) is 11.1. The van der Waals surface area contributed by atoms with Crippen LogP contribution in [0.15, 0.2) is 4.90 Å². The number of sulfonamides is 1. The first-order valence-electron chi connectivity index (χ1n) is 10.7. The molecule has 0 radical (unpaired) electrons. The third-order valence-corrected chi connectivity index (χ3v) is 8.27. The number of carbonyl (C=O) groups is 1. The van der Waals surface area contributed by atoms with Gasteiger partial charge in [-0.25, -0.2) is 8.42 Å². The summed E-state index contributed by atoms with van der Waals surface area (Å²) in [5.74, 6) is 0.296. The van der Waals surface area contributed by atoms with Gasteiger partial charge in [0.2, 0.25) is 10.0 Å². The molecule has 0 spiro atoms. The lowest BCUT2D eigenvalue weighted by atomic mass is 9.99. The Morgan fingerprint density at radius 3 is 2.52 bits per heavy atom. The van der Waals surface area contributed by atoms with E-state index < -0.39 is 10.0 Å². The first-order chi connectivity index (χ1) is 13.7. The highest BCUT2D eigenvalue weighted by molar-refractivity contribution is 7.89. The molecule has 9 heteroatoms. The average Bonchev–Trinajstić information content (AvgIpc) is 2.96. The third kappa shape index (κ3) is 4.83. The van der Waals surface area contributed by atoms with Gasteiger partial charge in [-0.3, -0.25) is 14.4 Å². The monoisotopic (exact) mass is 426 g/mol. The normalized spacial score (nSPS) is 22.7. The van der Waals surface area contributed by atoms with Gasteiger partial charge in [-0.15, -0.1) is 0 Å². The number of aryl methyl sites for hydroxylation is 1. The van der Waals surface area contributed by atoms with Crippen molar-refractivity contribution in [3.8, 4) is 0 Å². The van der Waals surface area contributed by atoms with Crippen LogP contribution in [0, 0.1) is 25.7 Å². The Labute approximate surface area is 174 Å². The first kappa shape index (κ1) is 22.2. The van der Waals surface area contributed by atoms with E-state index in [1.807, 2.05) is 13.8 Å². The number of hydrogen-bond acceptors (Lipinski definition) is 6. The maximum absolute atomic E-state index is 13.3. The van der Waals surface area contributed by atoms with Crippen molar-refractivity contribution in [2.75, 3.05) is 32.8 Å². The van der Waals surface area contributed by atoms with Crippen LogP contribution in [0.1, 0.15) is 50.9 Å². The molecule has 2 fully saturated rings. The Kier molecular flexibility index (Phi) is 7.01. The first-order valence-corrected chi connectivity index (χ1v) is 12.1. The number of piperidine rings is 2. The lowest BCUT2D eigenvalue weighted by Gasteiger charge is -2.31. The number of hydrogen-bond donors (Lipinski definition) is 0. The molecule has 1 atom stereocenters. The molecule has 0 aliphatic carbocycles. The number of rotatable bonds is 6. The van der Waals surface area contributed by atoms with E-state index in [1.165, 1.54) is 0 Å². The second-order valence-corrected chi connectivity index (χ2v) is 10.3. The van der Waals surface area contributed by atoms with Crippen molar-refractivity contribution < 1.29 is 17.9 Å². The molecule has 2 aliphatic rings. The van der Waals surface area contributed by atoms with Gasteiger partial charge >= 0.3 is 5.97 Å². The molecular weight excluding hydrogens is 392 g/mol. The van der Waals surface area contributed by atoms with Crippen LogP contribution in [0.5, 0.6) is 0 Å². The third-order valence-electron chi connectivity index (χ3n) is 6.11. The lowest BCUT2D eigenvalue weighted by Crippen LogP contribution is -2.40. The highest BCUT2D eigenvalue weighted by Crippen LogP contribution is 2.28. The van der Waals surface area contributed by atoms with Crippen molar-refractivity contribution in [3.05, 3.63) is 11.4 Å². The van der Waals surface area contributed by atoms with E-state index in [0.717, 1.165) is 32.2 Å². The molecule has 29 heavy (non-hydrogen) atoms. The molecule has 2 aliphatic heterocycles. The van der Waals surface area contributed by atoms with Crippen molar-refractivity contribution >= 4 is 16.0 Å². The Hall–Kier alpha value is -1.45. The standard InChI is InChI=1S/C20H34N4O4S/c1-5-28-20(25)18-7-6-10-22(13-18)14-24-17(4)19(16(3)21-24)29(26,27)23-11-8-15(2)9-12-23/h15,18H,5-14H2,1-4H3/t18-/m0/s1. The average molecular weight is 427 g/mol. The quantitative estimate of drug-likeness (QED) is 0.648. The van der Waals surface area contributed by atoms with E-state index in [1.54, 1.807) is 15.9 Å². The SMILES string of the molecule is CCOC(=O)[C@H]1CCCN(Cn2nc(C)c(S(=O)(=O)N3CCC(C)CC3)c2C)C1. The molecule has 0 saturated carbocycles. The summed E-state index contributed by atoms with van der Waals surface area (Å²) in [5, 5.41) is 4.54. The zero-order chi connectivity index (χ0) is 21.2. The Morgan fingerprint density at radius 1 is 1.17 bits per heavy atom. The van der Waals surface area contributed by atoms with E-state index in [4.69, 9.17) is 4.74 Å². The molecular formula is C20H34N4O4S. The number of nitrogens with zero attached hydrogens (tertiary/aromatic N) is 4. The van der Waals surface area contributed by atoms with Gasteiger partial charge in [0, 0.05) is 19.6 Å². The number of carbonyl (C=O) groups excluding carboxylic acids is 1. The predicted molar refractivity (Wildman–Crippen MR) is 110 cm³/mol. The van der Waals surface area contributed by atoms with Crippen molar-refractivity contribution in [3.63, 3.8) is 0 Å². The van der Waals surface area contributed by atoms with Crippen LogP contribution in [0.2, 0.25) is 0 Å². The molecule has 1 aromatic heterocycles. The number of likely N-dealkylation sites (tertiary alicyclic amines) is 1. The number of aromatic nitrogens is 2. The smallest absolute Gasteiger partial charge is 0.310 e. The van der Waals surface area contributed by atoms with Crippen LogP contribution >= 0.6 is 0 Å². The van der Waals surface area contributed by atoms with E-state index >= 15 is 0 Å². The summed E-state index contributed by atoms with van der Waals surface area (Å²) in [4.78, 5) is 14.6. The van der Waals surface area contributed by atoms with Gasteiger partial charge in [-0.2, -0.15) is 9.40 Å². The summed E-state index contributed by atoms with van der Waals surface area (Å²) in [6.07, 6.45) is 3.54. The largest absolute Gasteiger partial charge is 0.466 e. The van der Waals surface area contributed by atoms with Crippen molar-refractivity contribution in [2.45, 2.75) is 64.9 Å². The molecule has 0 unspecified atom stereocenters. The van der Waals surface area contributed by atoms with Crippen LogP contribution in [-0.2, 0) is 26.2 Å². The molecule has 8 nitrogen and oxygen atoms in total. The Bertz CT molecular complexity index is 828. The van der Waals surface area contributed by atoms with E-state index in [0.29, 0.717) is 55.1 Å². The summed E-state index contributed by atoms with van der Waals surface area (Å²) in [7, 11) is -3.54. The molecule has 1 aromatic rings. The molecule has 0 aromatic carbocycles. The number of ether oxygens (including phenoxy) is 1. The van der Waals surface area contributed by atoms with Gasteiger partial charge in [0.15, 0.2) is 0 Å². The topological polar surface area (TPSA) is 84.7 Å². The molecule has 164 valence electrons. The highest BCUT2D eigenvalue weighted by Gasteiger charge is 2.34. The van der Waals surface area contributed by atoms with Crippen LogP contribution in [0.4, 0.5) is 0 Å². The highest BCUT2D eigenvalue weighted by atomic mass is 32.2. The maximum Gasteiger partial charge on any atom is 0.310 e. The fraction of sp³-hybridized carbons (Fsp3) is 0.800. The lowest BCUT2D eigenvalue weighted by molar-refractivity contribution is -0.150. The minimum atomic E-state index is -3.54. The van der Waals surface area contributed by atoms with Crippen molar-refractivity contribution in [1.29, 1.82) is 0 Å². The fourth-order valence-corrected chi connectivity index (χ4v) is 6.21. The maximum atomic E-state index is 13.3. The van der Waals surface area contributed by atoms with E-state index in [9.17, 15) is 13.2 Å². The van der Waals surface area contributed by atoms with E-state index in [2.05, 4.69) is 16.9 Å². The summed E-state index contributed by atoms with van der Waals surface area (Å²) < 4.78 is 35.0. The second-order valence-electron chi connectivity index (χ2n) is 8.40. The predicted octanol–water partition coefficient (Wildman–Crippen LogP) is 2.15. The summed E-state index contributed by atoms with van der Waals surface area (Å²) >= 11 is 0. The minimum Gasteiger partial charge on any atom is -0.466 e. The summed E-state index contributed by atoms with van der Waals surface area (Å²) in [6, 6.07) is 0. The molecule has 2 saturated heterocycles. The van der Waals surface area contributed by atoms with Gasteiger partial charge in [-0.05, 0) is 58.9 Å². The van der Waals surface area contributed by atoms with Gasteiger partial charge in [-0.1, -0.05) is 6.92 Å². The molecule has 3 heterocycles. The van der Waals surface area contributed by atoms with Crippen LogP contribution in [0.3, 0.4) is 0 Å². The fourth-order valence-electron chi connectivity index (χ4n) is 4.37. The van der Waals surface area contributed by atoms with Crippen LogP contribution < -0.4 is 0 Å². The number of esters is 1. The Morgan fingerprint density at radius 2 is 1.86 bits per heavy atom. The Balaban J connectivity index is 1.75. The minimum absolute atomic E-state index is 0.126. The van der Waals surface area contributed by atoms with Gasteiger partial charge < -0.3 is 4.74 Å². The molecule has 0 bridgehead atoms. The summed E-state index contributed by atoms with van der Waals surface area (Å²) in [5.41, 5.74) is 1.21. The van der Waals surface area contributed by atoms with Gasteiger partial charge in [0.05, 0.1) is 30.6 Å². The van der Waals surface area contributed by atoms with Gasteiger partial charge in [0.1, 0.15) is 4.90 Å². The molecule has 0 amide bonds. The zero-order valence-corrected chi connectivity index (χ0v) is 18.9. The van der Waals surface area contributed by atoms with Crippen LogP contribution in [-0.4, -0.2) is 66.2 Å². The zero-order valence-electron chi connectivity index (χ0n) is 18.1. The van der Waals surface area contributed by atoms with Crippen LogP contribution in [0.25, 0.3) is 0 Å². The van der Waals surface area contributed by atoms with E-state index in [-0.39, 0.29) is 11.9 Å².